The van der Waals surface area contributed by atoms with Gasteiger partial charge in [-0.3, -0.25) is 4.79 Å². The molecule has 0 saturated heterocycles. The second-order valence-electron chi connectivity index (χ2n) is 5.38. The van der Waals surface area contributed by atoms with Gasteiger partial charge in [0.2, 0.25) is 6.29 Å². The van der Waals surface area contributed by atoms with Crippen molar-refractivity contribution >= 4 is 29.5 Å². The van der Waals surface area contributed by atoms with Crippen molar-refractivity contribution in [2.45, 2.75) is 25.7 Å². The molecule has 0 aliphatic heterocycles. The zero-order valence-corrected chi connectivity index (χ0v) is 14.0. The summed E-state index contributed by atoms with van der Waals surface area (Å²) in [6.07, 6.45) is 2.40. The lowest BCUT2D eigenvalue weighted by atomic mass is 9.70. The average molecular weight is 336 g/mol. The third-order valence-electron chi connectivity index (χ3n) is 3.98. The summed E-state index contributed by atoms with van der Waals surface area (Å²) in [6, 6.07) is 10.9. The van der Waals surface area contributed by atoms with Crippen molar-refractivity contribution in [3.63, 3.8) is 0 Å². The fourth-order valence-electron chi connectivity index (χ4n) is 2.99. The second-order valence-corrected chi connectivity index (χ2v) is 6.19. The molecule has 2 nitrogen and oxygen atoms in total. The number of hydrogen-bond acceptors (Lipinski definition) is 2. The van der Waals surface area contributed by atoms with Crippen molar-refractivity contribution in [2.24, 2.45) is 0 Å². The van der Waals surface area contributed by atoms with Crippen LogP contribution < -0.4 is 0 Å². The molecule has 2 rings (SSSR count). The van der Waals surface area contributed by atoms with E-state index < -0.39 is 5.41 Å². The first kappa shape index (κ1) is 17.0. The highest BCUT2D eigenvalue weighted by Gasteiger charge is 2.37. The van der Waals surface area contributed by atoms with Crippen LogP contribution in [0.3, 0.4) is 0 Å². The van der Waals surface area contributed by atoms with Gasteiger partial charge in [0.15, 0.2) is 0 Å². The lowest BCUT2D eigenvalue weighted by Gasteiger charge is -2.31. The van der Waals surface area contributed by atoms with Crippen LogP contribution in [0.25, 0.3) is 0 Å². The zero-order chi connectivity index (χ0) is 16.3. The van der Waals surface area contributed by atoms with E-state index in [4.69, 9.17) is 23.2 Å². The molecule has 2 aromatic rings. The third-order valence-corrected chi connectivity index (χ3v) is 4.72. The van der Waals surface area contributed by atoms with Gasteiger partial charge in [-0.15, -0.1) is 0 Å². The van der Waals surface area contributed by atoms with Crippen molar-refractivity contribution < 1.29 is 9.90 Å². The molecule has 0 amide bonds. The van der Waals surface area contributed by atoms with Crippen molar-refractivity contribution in [1.29, 1.82) is 0 Å². The molecule has 1 atom stereocenters. The maximum absolute atomic E-state index is 12.0. The molecule has 1 radical (unpaired) electrons. The second kappa shape index (κ2) is 6.82. The van der Waals surface area contributed by atoms with Gasteiger partial charge in [0.25, 0.3) is 0 Å². The van der Waals surface area contributed by atoms with Crippen LogP contribution in [0.15, 0.2) is 36.4 Å². The summed E-state index contributed by atoms with van der Waals surface area (Å²) < 4.78 is 0. The van der Waals surface area contributed by atoms with Crippen LogP contribution in [0.4, 0.5) is 0 Å². The largest absolute Gasteiger partial charge is 0.396 e. The minimum atomic E-state index is -1.06. The van der Waals surface area contributed by atoms with Gasteiger partial charge < -0.3 is 5.11 Å². The fourth-order valence-corrected chi connectivity index (χ4v) is 3.29. The fraction of sp³-hybridized carbons (Fsp3) is 0.278. The zero-order valence-electron chi connectivity index (χ0n) is 12.5. The Kier molecular flexibility index (Phi) is 5.28. The molecule has 0 bridgehead atoms. The van der Waals surface area contributed by atoms with Crippen molar-refractivity contribution in [2.75, 3.05) is 6.61 Å². The number of rotatable bonds is 5. The maximum atomic E-state index is 12.0. The van der Waals surface area contributed by atoms with E-state index in [1.807, 2.05) is 32.0 Å². The van der Waals surface area contributed by atoms with E-state index in [2.05, 4.69) is 6.29 Å². The summed E-state index contributed by atoms with van der Waals surface area (Å²) in [5.41, 5.74) is 2.44. The van der Waals surface area contributed by atoms with E-state index in [1.165, 1.54) is 0 Å². The van der Waals surface area contributed by atoms with Gasteiger partial charge in [0.1, 0.15) is 0 Å². The third kappa shape index (κ3) is 2.91. The molecular weight excluding hydrogens is 319 g/mol. The molecule has 115 valence electrons. The quantitative estimate of drug-likeness (QED) is 0.879. The predicted octanol–water partition coefficient (Wildman–Crippen LogP) is 4.39. The van der Waals surface area contributed by atoms with E-state index in [1.54, 1.807) is 18.2 Å². The molecule has 1 N–H and O–H groups in total. The van der Waals surface area contributed by atoms with Gasteiger partial charge in [0, 0.05) is 6.61 Å². The highest BCUT2D eigenvalue weighted by atomic mass is 35.5. The monoisotopic (exact) mass is 335 g/mol. The Hall–Kier alpha value is -1.35. The molecule has 4 heteroatoms. The Bertz CT molecular complexity index is 677. The maximum Gasteiger partial charge on any atom is 0.214 e. The Morgan fingerprint density at radius 2 is 1.73 bits per heavy atom. The van der Waals surface area contributed by atoms with Crippen LogP contribution in [0.5, 0.6) is 0 Å². The molecule has 0 heterocycles. The van der Waals surface area contributed by atoms with E-state index in [9.17, 15) is 9.90 Å². The average Bonchev–Trinajstić information content (AvgIpc) is 2.49. The van der Waals surface area contributed by atoms with Gasteiger partial charge >= 0.3 is 0 Å². The van der Waals surface area contributed by atoms with E-state index in [-0.39, 0.29) is 13.0 Å². The molecule has 0 spiro atoms. The number of benzene rings is 2. The summed E-state index contributed by atoms with van der Waals surface area (Å²) in [5, 5.41) is 10.3. The van der Waals surface area contributed by atoms with Gasteiger partial charge in [-0.25, -0.2) is 0 Å². The number of aliphatic hydroxyl groups excluding tert-OH is 1. The first-order valence-electron chi connectivity index (χ1n) is 6.98. The lowest BCUT2D eigenvalue weighted by molar-refractivity contribution is 0.269. The smallest absolute Gasteiger partial charge is 0.214 e. The lowest BCUT2D eigenvalue weighted by Crippen LogP contribution is -2.32. The van der Waals surface area contributed by atoms with Crippen LogP contribution in [-0.4, -0.2) is 18.0 Å². The molecule has 2 aromatic carbocycles. The molecule has 1 unspecified atom stereocenters. The Labute approximate surface area is 140 Å². The SMILES string of the molecule is Cc1cccc(C)c1C([C]=O)(CCO)c1ccc(Cl)c(Cl)c1. The van der Waals surface area contributed by atoms with Gasteiger partial charge in [0.05, 0.1) is 15.5 Å². The van der Waals surface area contributed by atoms with Gasteiger partial charge in [-0.05, 0) is 54.7 Å². The van der Waals surface area contributed by atoms with E-state index in [0.717, 1.165) is 16.7 Å². The summed E-state index contributed by atoms with van der Waals surface area (Å²) in [5.74, 6) is 0. The number of hydrogen-bond donors (Lipinski definition) is 1. The molecular formula is C18H17Cl2O2. The number of carbonyl (C=O) groups excluding carboxylic acids is 1. The highest BCUT2D eigenvalue weighted by Crippen LogP contribution is 2.39. The summed E-state index contributed by atoms with van der Waals surface area (Å²) in [6.45, 7) is 3.76. The van der Waals surface area contributed by atoms with Gasteiger partial charge in [-0.1, -0.05) is 47.5 Å². The van der Waals surface area contributed by atoms with E-state index >= 15 is 0 Å². The van der Waals surface area contributed by atoms with Crippen LogP contribution in [0.2, 0.25) is 10.0 Å². The first-order chi connectivity index (χ1) is 10.5. The minimum Gasteiger partial charge on any atom is -0.396 e. The number of aryl methyl sites for hydroxylation is 2. The minimum absolute atomic E-state index is 0.136. The highest BCUT2D eigenvalue weighted by molar-refractivity contribution is 6.42. The molecule has 0 fully saturated rings. The van der Waals surface area contributed by atoms with Crippen molar-refractivity contribution in [3.8, 4) is 0 Å². The van der Waals surface area contributed by atoms with E-state index in [0.29, 0.717) is 15.6 Å². The number of halogens is 2. The predicted molar refractivity (Wildman–Crippen MR) is 90.6 cm³/mol. The van der Waals surface area contributed by atoms with Crippen LogP contribution in [-0.2, 0) is 10.2 Å². The standard InChI is InChI=1S/C18H17Cl2O2/c1-12-4-3-5-13(2)17(12)18(11-22,8-9-21)14-6-7-15(19)16(20)10-14/h3-7,10,21H,8-9H2,1-2H3. The summed E-state index contributed by atoms with van der Waals surface area (Å²) in [7, 11) is 0. The Morgan fingerprint density at radius 3 is 2.23 bits per heavy atom. The van der Waals surface area contributed by atoms with Crippen molar-refractivity contribution in [3.05, 3.63) is 68.7 Å². The molecule has 22 heavy (non-hydrogen) atoms. The van der Waals surface area contributed by atoms with Crippen LogP contribution in [0, 0.1) is 13.8 Å². The first-order valence-corrected chi connectivity index (χ1v) is 7.74. The molecule has 0 aromatic heterocycles. The molecule has 0 aliphatic carbocycles. The normalized spacial score (nSPS) is 13.7. The summed E-state index contributed by atoms with van der Waals surface area (Å²) in [4.78, 5) is 12.0. The molecule has 0 aliphatic rings. The Morgan fingerprint density at radius 1 is 1.09 bits per heavy atom. The van der Waals surface area contributed by atoms with Crippen LogP contribution in [0.1, 0.15) is 28.7 Å². The van der Waals surface area contributed by atoms with Crippen LogP contribution >= 0.6 is 23.2 Å². The Balaban J connectivity index is 2.77. The van der Waals surface area contributed by atoms with Gasteiger partial charge in [-0.2, -0.15) is 0 Å². The molecule has 0 saturated carbocycles. The topological polar surface area (TPSA) is 37.3 Å². The number of aliphatic hydroxyl groups is 1. The summed E-state index contributed by atoms with van der Waals surface area (Å²) >= 11 is 12.1. The van der Waals surface area contributed by atoms with Crippen molar-refractivity contribution in [1.82, 2.24) is 0 Å².